The van der Waals surface area contributed by atoms with Gasteiger partial charge in [0.2, 0.25) is 12.4 Å². The zero-order valence-electron chi connectivity index (χ0n) is 9.11. The minimum Gasteiger partial charge on any atom is -0.0393 e. The molecule has 16 heavy (non-hydrogen) atoms. The normalized spacial score (nSPS) is 10.5. The number of aryl methyl sites for hydroxylation is 2. The van der Waals surface area contributed by atoms with E-state index in [1.54, 1.807) is 24.3 Å². The summed E-state index contributed by atoms with van der Waals surface area (Å²) >= 11 is 0. The summed E-state index contributed by atoms with van der Waals surface area (Å²) in [6, 6.07) is 6.46. The van der Waals surface area contributed by atoms with Gasteiger partial charge >= 0.3 is 11.4 Å². The van der Waals surface area contributed by atoms with Gasteiger partial charge in [-0.05, 0) is 25.0 Å². The molecule has 0 amide bonds. The van der Waals surface area contributed by atoms with Gasteiger partial charge in [-0.25, -0.2) is 0 Å². The lowest BCUT2D eigenvalue weighted by molar-refractivity contribution is -0.859. The number of aromatic nitrogens is 2. The average Bonchev–Trinajstić information content (AvgIpc) is 2.25. The third-order valence-electron chi connectivity index (χ3n) is 2.39. The SMILES string of the molecule is Cc1cc[n+](F)c(-c2cc(C)cc[n+]2F)c1. The maximum absolute atomic E-state index is 13.5. The van der Waals surface area contributed by atoms with E-state index in [1.165, 1.54) is 12.4 Å². The van der Waals surface area contributed by atoms with E-state index in [2.05, 4.69) is 0 Å². The van der Waals surface area contributed by atoms with Gasteiger partial charge < -0.3 is 0 Å². The molecular formula is C12H12F2N2+2. The quantitative estimate of drug-likeness (QED) is 0.697. The van der Waals surface area contributed by atoms with Gasteiger partial charge in [0.1, 0.15) is 0 Å². The van der Waals surface area contributed by atoms with Crippen LogP contribution in [0.4, 0.5) is 8.96 Å². The van der Waals surface area contributed by atoms with Gasteiger partial charge in [-0.1, -0.05) is 0 Å². The van der Waals surface area contributed by atoms with Crippen LogP contribution in [0.5, 0.6) is 0 Å². The monoisotopic (exact) mass is 222 g/mol. The summed E-state index contributed by atoms with van der Waals surface area (Å²) < 4.78 is 27.0. The topological polar surface area (TPSA) is 7.76 Å². The molecule has 2 aromatic heterocycles. The highest BCUT2D eigenvalue weighted by Crippen LogP contribution is 2.13. The van der Waals surface area contributed by atoms with Crippen molar-refractivity contribution in [2.75, 3.05) is 0 Å². The fourth-order valence-corrected chi connectivity index (χ4v) is 1.54. The third-order valence-corrected chi connectivity index (χ3v) is 2.39. The molecule has 2 rings (SSSR count). The lowest BCUT2D eigenvalue weighted by Gasteiger charge is -1.94. The maximum Gasteiger partial charge on any atom is 0.328 e. The van der Waals surface area contributed by atoms with Gasteiger partial charge in [-0.3, -0.25) is 0 Å². The Bertz CT molecular complexity index is 489. The fraction of sp³-hybridized carbons (Fsp3) is 0.167. The standard InChI is InChI=1S/C12H12F2N2/c1-9-3-5-15(13)11(7-9)12-8-10(2)4-6-16(12)14/h3-8H,1-2H3/q+2. The van der Waals surface area contributed by atoms with Crippen LogP contribution in [0, 0.1) is 13.8 Å². The molecule has 0 spiro atoms. The zero-order valence-corrected chi connectivity index (χ0v) is 9.11. The first-order valence-electron chi connectivity index (χ1n) is 4.95. The molecule has 0 aromatic carbocycles. The number of pyridine rings is 2. The van der Waals surface area contributed by atoms with E-state index in [9.17, 15) is 8.96 Å². The summed E-state index contributed by atoms with van der Waals surface area (Å²) in [5, 5.41) is 0. The minimum absolute atomic E-state index is 0.200. The van der Waals surface area contributed by atoms with E-state index >= 15 is 0 Å². The van der Waals surface area contributed by atoms with Crippen molar-refractivity contribution in [3.63, 3.8) is 0 Å². The van der Waals surface area contributed by atoms with Crippen molar-refractivity contribution in [2.24, 2.45) is 0 Å². The number of halogens is 2. The van der Waals surface area contributed by atoms with Crippen molar-refractivity contribution < 1.29 is 18.5 Å². The summed E-state index contributed by atoms with van der Waals surface area (Å²) in [5.74, 6) is 0. The molecule has 0 unspecified atom stereocenters. The predicted octanol–water partition coefficient (Wildman–Crippen LogP) is 2.01. The van der Waals surface area contributed by atoms with Crippen molar-refractivity contribution in [2.45, 2.75) is 13.8 Å². The zero-order chi connectivity index (χ0) is 11.7. The number of hydrogen-bond donors (Lipinski definition) is 0. The van der Waals surface area contributed by atoms with Crippen molar-refractivity contribution in [1.29, 1.82) is 0 Å². The molecule has 0 saturated carbocycles. The van der Waals surface area contributed by atoms with E-state index in [0.717, 1.165) is 11.1 Å². The molecular weight excluding hydrogens is 210 g/mol. The summed E-state index contributed by atoms with van der Waals surface area (Å²) in [6.07, 6.45) is 2.54. The Kier molecular flexibility index (Phi) is 2.64. The molecule has 0 aliphatic carbocycles. The van der Waals surface area contributed by atoms with Crippen LogP contribution in [0.15, 0.2) is 36.7 Å². The number of nitrogens with zero attached hydrogens (tertiary/aromatic N) is 2. The predicted molar refractivity (Wildman–Crippen MR) is 54.8 cm³/mol. The molecule has 0 fully saturated rings. The molecule has 0 radical (unpaired) electrons. The van der Waals surface area contributed by atoms with Crippen molar-refractivity contribution in [3.05, 3.63) is 47.8 Å². The highest BCUT2D eigenvalue weighted by atomic mass is 19.2. The van der Waals surface area contributed by atoms with Gasteiger partial charge in [-0.15, -0.1) is 0 Å². The van der Waals surface area contributed by atoms with Crippen molar-refractivity contribution in [3.8, 4) is 11.4 Å². The Morgan fingerprint density at radius 2 is 1.19 bits per heavy atom. The number of rotatable bonds is 1. The van der Waals surface area contributed by atoms with Crippen LogP contribution in [0.3, 0.4) is 0 Å². The van der Waals surface area contributed by atoms with Crippen LogP contribution in [0.2, 0.25) is 0 Å². The second-order valence-electron chi connectivity index (χ2n) is 3.80. The van der Waals surface area contributed by atoms with Crippen LogP contribution in [0.1, 0.15) is 11.1 Å². The minimum atomic E-state index is 0.200. The molecule has 0 atom stereocenters. The lowest BCUT2D eigenvalue weighted by atomic mass is 10.1. The second-order valence-corrected chi connectivity index (χ2v) is 3.80. The summed E-state index contributed by atoms with van der Waals surface area (Å²) in [5.41, 5.74) is 2.16. The van der Waals surface area contributed by atoms with Crippen molar-refractivity contribution in [1.82, 2.24) is 0 Å². The Balaban J connectivity index is 2.66. The molecule has 0 bridgehead atoms. The van der Waals surface area contributed by atoms with Crippen LogP contribution in [-0.4, -0.2) is 0 Å². The Labute approximate surface area is 92.3 Å². The summed E-state index contributed by atoms with van der Waals surface area (Å²) in [6.45, 7) is 3.67. The smallest absolute Gasteiger partial charge is 0.0393 e. The average molecular weight is 222 g/mol. The molecule has 0 aliphatic heterocycles. The first kappa shape index (κ1) is 10.7. The third kappa shape index (κ3) is 1.91. The fourth-order valence-electron chi connectivity index (χ4n) is 1.54. The molecule has 4 heteroatoms. The van der Waals surface area contributed by atoms with Crippen molar-refractivity contribution >= 4 is 0 Å². The van der Waals surface area contributed by atoms with Gasteiger partial charge in [-0.2, -0.15) is 0 Å². The van der Waals surface area contributed by atoms with Crippen LogP contribution in [-0.2, 0) is 0 Å². The molecule has 0 aliphatic rings. The van der Waals surface area contributed by atoms with Crippen LogP contribution < -0.4 is 9.58 Å². The van der Waals surface area contributed by atoms with Crippen LogP contribution >= 0.6 is 0 Å². The Morgan fingerprint density at radius 1 is 0.812 bits per heavy atom. The molecule has 2 aromatic rings. The van der Waals surface area contributed by atoms with Gasteiger partial charge in [0, 0.05) is 33.8 Å². The first-order chi connectivity index (χ1) is 7.58. The highest BCUT2D eigenvalue weighted by molar-refractivity contribution is 5.48. The van der Waals surface area contributed by atoms with Gasteiger partial charge in [0.05, 0.1) is 8.96 Å². The molecule has 0 N–H and O–H groups in total. The Hall–Kier alpha value is -1.84. The van der Waals surface area contributed by atoms with Gasteiger partial charge in [0.25, 0.3) is 0 Å². The maximum atomic E-state index is 13.5. The van der Waals surface area contributed by atoms with Gasteiger partial charge in [0.15, 0.2) is 0 Å². The molecule has 2 heterocycles. The largest absolute Gasteiger partial charge is 0.328 e. The van der Waals surface area contributed by atoms with E-state index in [1.807, 2.05) is 13.8 Å². The summed E-state index contributed by atoms with van der Waals surface area (Å²) in [7, 11) is 0. The highest BCUT2D eigenvalue weighted by Gasteiger charge is 2.25. The lowest BCUT2D eigenvalue weighted by Crippen LogP contribution is -2.33. The van der Waals surface area contributed by atoms with E-state index in [0.29, 0.717) is 9.58 Å². The molecule has 82 valence electrons. The van der Waals surface area contributed by atoms with E-state index < -0.39 is 0 Å². The molecule has 2 nitrogen and oxygen atoms in total. The first-order valence-corrected chi connectivity index (χ1v) is 4.95. The Morgan fingerprint density at radius 3 is 1.56 bits per heavy atom. The van der Waals surface area contributed by atoms with E-state index in [-0.39, 0.29) is 11.4 Å². The second kappa shape index (κ2) is 3.96. The van der Waals surface area contributed by atoms with E-state index in [4.69, 9.17) is 0 Å². The summed E-state index contributed by atoms with van der Waals surface area (Å²) in [4.78, 5) is 0.829. The molecule has 0 saturated heterocycles. The van der Waals surface area contributed by atoms with Crippen LogP contribution in [0.25, 0.3) is 11.4 Å². The number of hydrogen-bond acceptors (Lipinski definition) is 0.